The molecule has 0 saturated carbocycles. The minimum Gasteiger partial charge on any atom is -1.00 e. The Hall–Kier alpha value is -1.74. The Labute approximate surface area is 127 Å². The fraction of sp³-hybridized carbons (Fsp3) is 0. The Balaban J connectivity index is 0.000001000. The van der Waals surface area contributed by atoms with Crippen LogP contribution in [0.3, 0.4) is 0 Å². The fourth-order valence-electron chi connectivity index (χ4n) is 2.14. The summed E-state index contributed by atoms with van der Waals surface area (Å²) >= 11 is 0. The molecule has 0 aromatic heterocycles. The maximum Gasteiger partial charge on any atom is 1.00 e. The van der Waals surface area contributed by atoms with Gasteiger partial charge in [0.2, 0.25) is 0 Å². The Bertz CT molecular complexity index is 581. The summed E-state index contributed by atoms with van der Waals surface area (Å²) < 4.78 is 0. The third-order valence-electron chi connectivity index (χ3n) is 3.08. The van der Waals surface area contributed by atoms with E-state index in [-0.39, 0.29) is 20.3 Å². The van der Waals surface area contributed by atoms with Crippen molar-refractivity contribution in [3.63, 3.8) is 0 Å². The van der Waals surface area contributed by atoms with Crippen molar-refractivity contribution in [3.05, 3.63) is 84.9 Å². The van der Waals surface area contributed by atoms with Gasteiger partial charge in [0.05, 0.1) is 0 Å². The monoisotopic (exact) mass is 238 g/mol. The van der Waals surface area contributed by atoms with Gasteiger partial charge in [0.15, 0.2) is 0 Å². The van der Waals surface area contributed by atoms with Gasteiger partial charge in [0.25, 0.3) is 0 Å². The van der Waals surface area contributed by atoms with E-state index in [9.17, 15) is 0 Å². The number of hydrogen-bond donors (Lipinski definition) is 0. The Morgan fingerprint density at radius 2 is 0.789 bits per heavy atom. The van der Waals surface area contributed by atoms with Crippen molar-refractivity contribution in [1.29, 1.82) is 0 Å². The Kier molecular flexibility index (Phi) is 4.63. The van der Waals surface area contributed by atoms with E-state index in [0.717, 1.165) is 0 Å². The molecule has 0 radical (unpaired) electrons. The van der Waals surface area contributed by atoms with Crippen LogP contribution in [0.5, 0.6) is 0 Å². The quantitative estimate of drug-likeness (QED) is 0.600. The minimum atomic E-state index is 0. The SMILES string of the molecule is [H-].[Li+].c1ccc(-c2cccc(-c3ccccc3)c2)cc1. The normalized spacial score (nSPS) is 9.68. The van der Waals surface area contributed by atoms with E-state index in [0.29, 0.717) is 0 Å². The molecule has 0 heterocycles. The van der Waals surface area contributed by atoms with E-state index in [2.05, 4.69) is 72.8 Å². The van der Waals surface area contributed by atoms with E-state index in [4.69, 9.17) is 0 Å². The molecule has 0 atom stereocenters. The predicted octanol–water partition coefficient (Wildman–Crippen LogP) is 2.14. The molecule has 0 fully saturated rings. The molecule has 0 aliphatic rings. The van der Waals surface area contributed by atoms with Crippen LogP contribution in [0.2, 0.25) is 0 Å². The zero-order chi connectivity index (χ0) is 12.2. The average molecular weight is 238 g/mol. The molecule has 19 heavy (non-hydrogen) atoms. The molecule has 0 saturated heterocycles. The van der Waals surface area contributed by atoms with Crippen molar-refractivity contribution in [2.24, 2.45) is 0 Å². The van der Waals surface area contributed by atoms with Crippen molar-refractivity contribution in [2.75, 3.05) is 0 Å². The smallest absolute Gasteiger partial charge is 1.00 e. The van der Waals surface area contributed by atoms with Gasteiger partial charge in [-0.2, -0.15) is 0 Å². The van der Waals surface area contributed by atoms with Crippen LogP contribution in [0.4, 0.5) is 0 Å². The molecule has 0 amide bonds. The first-order valence-corrected chi connectivity index (χ1v) is 6.14. The Morgan fingerprint density at radius 3 is 1.21 bits per heavy atom. The molecule has 0 bridgehead atoms. The maximum atomic E-state index is 2.24. The second-order valence-corrected chi connectivity index (χ2v) is 4.31. The molecular weight excluding hydrogens is 223 g/mol. The van der Waals surface area contributed by atoms with Crippen LogP contribution < -0.4 is 18.9 Å². The fourth-order valence-corrected chi connectivity index (χ4v) is 2.14. The molecular formula is C18H15Li. The maximum absolute atomic E-state index is 2.24. The van der Waals surface area contributed by atoms with Gasteiger partial charge in [-0.05, 0) is 28.3 Å². The summed E-state index contributed by atoms with van der Waals surface area (Å²) in [6.07, 6.45) is 0. The van der Waals surface area contributed by atoms with Crippen LogP contribution in [0.15, 0.2) is 84.9 Å². The summed E-state index contributed by atoms with van der Waals surface area (Å²) in [6, 6.07) is 29.6. The largest absolute Gasteiger partial charge is 1.00 e. The molecule has 3 aromatic carbocycles. The summed E-state index contributed by atoms with van der Waals surface area (Å²) in [7, 11) is 0. The summed E-state index contributed by atoms with van der Waals surface area (Å²) in [6.45, 7) is 0. The van der Waals surface area contributed by atoms with Crippen LogP contribution in [-0.4, -0.2) is 0 Å². The zero-order valence-corrected chi connectivity index (χ0v) is 11.1. The van der Waals surface area contributed by atoms with Gasteiger partial charge < -0.3 is 1.43 Å². The van der Waals surface area contributed by atoms with E-state index in [1.807, 2.05) is 12.1 Å². The van der Waals surface area contributed by atoms with Crippen LogP contribution in [0.25, 0.3) is 22.3 Å². The van der Waals surface area contributed by atoms with Crippen molar-refractivity contribution >= 4 is 0 Å². The first-order chi connectivity index (χ1) is 8.93. The van der Waals surface area contributed by atoms with Crippen molar-refractivity contribution in [3.8, 4) is 22.3 Å². The van der Waals surface area contributed by atoms with Gasteiger partial charge in [-0.25, -0.2) is 0 Å². The summed E-state index contributed by atoms with van der Waals surface area (Å²) in [4.78, 5) is 0. The van der Waals surface area contributed by atoms with Crippen molar-refractivity contribution in [1.82, 2.24) is 0 Å². The minimum absolute atomic E-state index is 0. The molecule has 1 heteroatoms. The van der Waals surface area contributed by atoms with Gasteiger partial charge in [0, 0.05) is 0 Å². The second-order valence-electron chi connectivity index (χ2n) is 4.31. The molecule has 0 unspecified atom stereocenters. The number of benzene rings is 3. The number of rotatable bonds is 2. The van der Waals surface area contributed by atoms with Gasteiger partial charge in [0.1, 0.15) is 0 Å². The first kappa shape index (κ1) is 13.7. The molecule has 0 aliphatic heterocycles. The van der Waals surface area contributed by atoms with E-state index in [1.54, 1.807) is 0 Å². The summed E-state index contributed by atoms with van der Waals surface area (Å²) in [5.74, 6) is 0. The van der Waals surface area contributed by atoms with Crippen LogP contribution >= 0.6 is 0 Å². The van der Waals surface area contributed by atoms with Gasteiger partial charge in [-0.1, -0.05) is 78.9 Å². The predicted molar refractivity (Wildman–Crippen MR) is 78.4 cm³/mol. The third kappa shape index (κ3) is 3.18. The second kappa shape index (κ2) is 6.43. The van der Waals surface area contributed by atoms with E-state index < -0.39 is 0 Å². The summed E-state index contributed by atoms with van der Waals surface area (Å²) in [5.41, 5.74) is 5.04. The van der Waals surface area contributed by atoms with Crippen molar-refractivity contribution in [2.45, 2.75) is 0 Å². The molecule has 88 valence electrons. The molecule has 0 N–H and O–H groups in total. The third-order valence-corrected chi connectivity index (χ3v) is 3.08. The molecule has 0 nitrogen and oxygen atoms in total. The topological polar surface area (TPSA) is 0 Å². The van der Waals surface area contributed by atoms with Gasteiger partial charge in [-0.3, -0.25) is 0 Å². The molecule has 3 aromatic rings. The van der Waals surface area contributed by atoms with E-state index >= 15 is 0 Å². The van der Waals surface area contributed by atoms with Gasteiger partial charge in [-0.15, -0.1) is 0 Å². The average Bonchev–Trinajstić information content (AvgIpc) is 2.49. The summed E-state index contributed by atoms with van der Waals surface area (Å²) in [5, 5.41) is 0. The van der Waals surface area contributed by atoms with Crippen LogP contribution in [0, 0.1) is 0 Å². The zero-order valence-electron chi connectivity index (χ0n) is 12.1. The van der Waals surface area contributed by atoms with E-state index in [1.165, 1.54) is 22.3 Å². The van der Waals surface area contributed by atoms with Crippen LogP contribution in [-0.2, 0) is 0 Å². The molecule has 0 spiro atoms. The van der Waals surface area contributed by atoms with Crippen LogP contribution in [0.1, 0.15) is 1.43 Å². The molecule has 0 aliphatic carbocycles. The number of hydrogen-bond acceptors (Lipinski definition) is 0. The molecule has 3 rings (SSSR count). The standard InChI is InChI=1S/C18H14.Li.H/c1-3-8-15(9-4-1)17-12-7-13-18(14-17)16-10-5-2-6-11-16;;/h1-14H;;/q;+1;-1. The van der Waals surface area contributed by atoms with Crippen molar-refractivity contribution < 1.29 is 20.3 Å². The Morgan fingerprint density at radius 1 is 0.421 bits per heavy atom. The first-order valence-electron chi connectivity index (χ1n) is 6.14. The van der Waals surface area contributed by atoms with Gasteiger partial charge >= 0.3 is 18.9 Å².